The lowest BCUT2D eigenvalue weighted by Crippen LogP contribution is -2.44. The second kappa shape index (κ2) is 6.48. The van der Waals surface area contributed by atoms with Crippen LogP contribution in [-0.4, -0.2) is 37.6 Å². The average molecular weight is 247 g/mol. The highest BCUT2D eigenvalue weighted by Gasteiger charge is 2.20. The van der Waals surface area contributed by atoms with E-state index < -0.39 is 30.4 Å². The van der Waals surface area contributed by atoms with Crippen LogP contribution in [0.3, 0.4) is 0 Å². The van der Waals surface area contributed by atoms with Crippen LogP contribution in [0.25, 0.3) is 0 Å². The van der Waals surface area contributed by atoms with E-state index in [4.69, 9.17) is 20.3 Å². The van der Waals surface area contributed by atoms with Crippen molar-refractivity contribution < 1.29 is 23.4 Å². The standard InChI is InChI=1S/C11H15F2NO3/c1-16-6-9(14)11(5-15)17-10-4-7(12)2-3-8(10)13/h2-4,9,11,15H,5-6,14H2,1H3. The van der Waals surface area contributed by atoms with Crippen LogP contribution in [-0.2, 0) is 4.74 Å². The number of halogens is 2. The van der Waals surface area contributed by atoms with Crippen LogP contribution in [0.2, 0.25) is 0 Å². The largest absolute Gasteiger partial charge is 0.483 e. The Morgan fingerprint density at radius 3 is 2.71 bits per heavy atom. The van der Waals surface area contributed by atoms with E-state index in [1.165, 1.54) is 7.11 Å². The maximum Gasteiger partial charge on any atom is 0.165 e. The molecule has 6 heteroatoms. The number of hydrogen-bond donors (Lipinski definition) is 2. The van der Waals surface area contributed by atoms with Gasteiger partial charge in [-0.1, -0.05) is 0 Å². The SMILES string of the molecule is COCC(N)C(CO)Oc1cc(F)ccc1F. The number of methoxy groups -OCH3 is 1. The molecule has 1 aromatic carbocycles. The van der Waals surface area contributed by atoms with Crippen molar-refractivity contribution in [3.63, 3.8) is 0 Å². The first kappa shape index (κ1) is 13.8. The van der Waals surface area contributed by atoms with Gasteiger partial charge in [0.15, 0.2) is 11.6 Å². The molecule has 3 N–H and O–H groups in total. The summed E-state index contributed by atoms with van der Waals surface area (Å²) in [6, 6.07) is 2.19. The van der Waals surface area contributed by atoms with E-state index in [0.29, 0.717) is 0 Å². The van der Waals surface area contributed by atoms with Gasteiger partial charge in [0.25, 0.3) is 0 Å². The van der Waals surface area contributed by atoms with Crippen molar-refractivity contribution in [1.82, 2.24) is 0 Å². The highest BCUT2D eigenvalue weighted by molar-refractivity contribution is 5.25. The summed E-state index contributed by atoms with van der Waals surface area (Å²) in [5.41, 5.74) is 5.65. The maximum absolute atomic E-state index is 13.3. The molecule has 0 heterocycles. The topological polar surface area (TPSA) is 64.7 Å². The molecule has 0 bridgehead atoms. The minimum atomic E-state index is -0.855. The molecule has 0 fully saturated rings. The first-order valence-corrected chi connectivity index (χ1v) is 5.05. The Morgan fingerprint density at radius 2 is 2.12 bits per heavy atom. The Hall–Kier alpha value is -1.24. The fourth-order valence-electron chi connectivity index (χ4n) is 1.29. The lowest BCUT2D eigenvalue weighted by atomic mass is 10.2. The minimum Gasteiger partial charge on any atom is -0.483 e. The Labute approximate surface area is 97.9 Å². The predicted molar refractivity (Wildman–Crippen MR) is 57.7 cm³/mol. The molecule has 1 aromatic rings. The summed E-state index contributed by atoms with van der Waals surface area (Å²) in [5, 5.41) is 9.07. The first-order valence-electron chi connectivity index (χ1n) is 5.05. The first-order chi connectivity index (χ1) is 8.08. The molecule has 1 rings (SSSR count). The van der Waals surface area contributed by atoms with Gasteiger partial charge in [0.2, 0.25) is 0 Å². The van der Waals surface area contributed by atoms with E-state index in [9.17, 15) is 8.78 Å². The Balaban J connectivity index is 2.76. The van der Waals surface area contributed by atoms with Crippen LogP contribution in [0.4, 0.5) is 8.78 Å². The molecular formula is C11H15F2NO3. The molecule has 0 radical (unpaired) electrons. The molecule has 0 spiro atoms. The summed E-state index contributed by atoms with van der Waals surface area (Å²) in [5.74, 6) is -1.62. The molecule has 0 aliphatic rings. The van der Waals surface area contributed by atoms with E-state index >= 15 is 0 Å². The number of aliphatic hydroxyl groups excluding tert-OH is 1. The average Bonchev–Trinajstić information content (AvgIpc) is 2.30. The molecule has 2 atom stereocenters. The van der Waals surface area contributed by atoms with Crippen molar-refractivity contribution in [3.8, 4) is 5.75 Å². The van der Waals surface area contributed by atoms with E-state index in [1.54, 1.807) is 0 Å². The van der Waals surface area contributed by atoms with Crippen LogP contribution in [0.1, 0.15) is 0 Å². The zero-order valence-corrected chi connectivity index (χ0v) is 9.40. The molecular weight excluding hydrogens is 232 g/mol. The molecule has 17 heavy (non-hydrogen) atoms. The second-order valence-electron chi connectivity index (χ2n) is 3.53. The molecule has 2 unspecified atom stereocenters. The van der Waals surface area contributed by atoms with E-state index in [1.807, 2.05) is 0 Å². The van der Waals surface area contributed by atoms with Gasteiger partial charge >= 0.3 is 0 Å². The minimum absolute atomic E-state index is 0.141. The third-order valence-electron chi connectivity index (χ3n) is 2.19. The number of ether oxygens (including phenoxy) is 2. The monoisotopic (exact) mass is 247 g/mol. The molecule has 0 saturated carbocycles. The molecule has 0 amide bonds. The van der Waals surface area contributed by atoms with Crippen LogP contribution in [0.5, 0.6) is 5.75 Å². The van der Waals surface area contributed by atoms with Crippen LogP contribution in [0, 0.1) is 11.6 Å². The zero-order chi connectivity index (χ0) is 12.8. The van der Waals surface area contributed by atoms with Crippen molar-refractivity contribution in [2.75, 3.05) is 20.3 Å². The number of benzene rings is 1. The third kappa shape index (κ3) is 3.92. The Kier molecular flexibility index (Phi) is 5.27. The Bertz CT molecular complexity index is 363. The smallest absolute Gasteiger partial charge is 0.165 e. The molecule has 0 saturated heterocycles. The van der Waals surface area contributed by atoms with Crippen molar-refractivity contribution >= 4 is 0 Å². The fraction of sp³-hybridized carbons (Fsp3) is 0.455. The quantitative estimate of drug-likeness (QED) is 0.775. The van der Waals surface area contributed by atoms with Gasteiger partial charge in [-0.3, -0.25) is 0 Å². The number of hydrogen-bond acceptors (Lipinski definition) is 4. The number of aliphatic hydroxyl groups is 1. The predicted octanol–water partition coefficient (Wildman–Crippen LogP) is 0.678. The molecule has 0 aliphatic heterocycles. The van der Waals surface area contributed by atoms with Crippen LogP contribution < -0.4 is 10.5 Å². The second-order valence-corrected chi connectivity index (χ2v) is 3.53. The molecule has 4 nitrogen and oxygen atoms in total. The van der Waals surface area contributed by atoms with Gasteiger partial charge < -0.3 is 20.3 Å². The van der Waals surface area contributed by atoms with Crippen LogP contribution in [0.15, 0.2) is 18.2 Å². The summed E-state index contributed by atoms with van der Waals surface area (Å²) < 4.78 is 36.1. The van der Waals surface area contributed by atoms with E-state index in [2.05, 4.69) is 0 Å². The van der Waals surface area contributed by atoms with Crippen molar-refractivity contribution in [2.24, 2.45) is 5.73 Å². The summed E-state index contributed by atoms with van der Waals surface area (Å²) in [6.45, 7) is -0.275. The van der Waals surface area contributed by atoms with Gasteiger partial charge in [-0.15, -0.1) is 0 Å². The van der Waals surface area contributed by atoms with Crippen LogP contribution >= 0.6 is 0 Å². The van der Waals surface area contributed by atoms with Gasteiger partial charge in [-0.05, 0) is 12.1 Å². The summed E-state index contributed by atoms with van der Waals surface area (Å²) in [6.07, 6.45) is -0.855. The summed E-state index contributed by atoms with van der Waals surface area (Å²) >= 11 is 0. The third-order valence-corrected chi connectivity index (χ3v) is 2.19. The zero-order valence-electron chi connectivity index (χ0n) is 9.40. The Morgan fingerprint density at radius 1 is 1.41 bits per heavy atom. The molecule has 96 valence electrons. The van der Waals surface area contributed by atoms with Gasteiger partial charge in [0, 0.05) is 13.2 Å². The van der Waals surface area contributed by atoms with E-state index in [0.717, 1.165) is 18.2 Å². The van der Waals surface area contributed by atoms with E-state index in [-0.39, 0.29) is 12.4 Å². The van der Waals surface area contributed by atoms with Crippen molar-refractivity contribution in [2.45, 2.75) is 12.1 Å². The number of rotatable bonds is 6. The van der Waals surface area contributed by atoms with Gasteiger partial charge in [0.05, 0.1) is 19.3 Å². The number of nitrogens with two attached hydrogens (primary N) is 1. The normalized spacial score (nSPS) is 14.4. The molecule has 0 aromatic heterocycles. The van der Waals surface area contributed by atoms with Crippen molar-refractivity contribution in [1.29, 1.82) is 0 Å². The highest BCUT2D eigenvalue weighted by atomic mass is 19.1. The van der Waals surface area contributed by atoms with Crippen molar-refractivity contribution in [3.05, 3.63) is 29.8 Å². The fourth-order valence-corrected chi connectivity index (χ4v) is 1.29. The van der Waals surface area contributed by atoms with Gasteiger partial charge in [-0.2, -0.15) is 0 Å². The maximum atomic E-state index is 13.3. The van der Waals surface area contributed by atoms with Gasteiger partial charge in [0.1, 0.15) is 11.9 Å². The van der Waals surface area contributed by atoms with Gasteiger partial charge in [-0.25, -0.2) is 8.78 Å². The summed E-state index contributed by atoms with van der Waals surface area (Å²) in [4.78, 5) is 0. The lowest BCUT2D eigenvalue weighted by molar-refractivity contribution is 0.0578. The lowest BCUT2D eigenvalue weighted by Gasteiger charge is -2.22. The highest BCUT2D eigenvalue weighted by Crippen LogP contribution is 2.19. The summed E-state index contributed by atoms with van der Waals surface area (Å²) in [7, 11) is 1.44. The molecule has 0 aliphatic carbocycles.